The zero-order valence-corrected chi connectivity index (χ0v) is 14.4. The van der Waals surface area contributed by atoms with Crippen LogP contribution in [0.1, 0.15) is 59.6 Å². The van der Waals surface area contributed by atoms with Gasteiger partial charge in [0, 0.05) is 13.0 Å². The molecule has 23 heavy (non-hydrogen) atoms. The highest BCUT2D eigenvalue weighted by atomic mass is 32.1. The van der Waals surface area contributed by atoms with E-state index in [0.717, 1.165) is 21.9 Å². The summed E-state index contributed by atoms with van der Waals surface area (Å²) in [4.78, 5) is 17.7. The number of aryl methyl sites for hydroxylation is 1. The van der Waals surface area contributed by atoms with Crippen LogP contribution in [0.2, 0.25) is 0 Å². The molecule has 0 aliphatic heterocycles. The lowest BCUT2D eigenvalue weighted by Crippen LogP contribution is -2.17. The molecule has 4 nitrogen and oxygen atoms in total. The maximum Gasteiger partial charge on any atom is 0.254 e. The normalized spacial score (nSPS) is 15.0. The Kier molecular flexibility index (Phi) is 4.66. The molecule has 1 aliphatic rings. The third-order valence-corrected chi connectivity index (χ3v) is 5.74. The maximum absolute atomic E-state index is 11.7. The number of amides is 1. The molecular formula is C18H22N2O2S. The van der Waals surface area contributed by atoms with Crippen LogP contribution >= 0.6 is 11.3 Å². The minimum atomic E-state index is -0.274. The summed E-state index contributed by atoms with van der Waals surface area (Å²) in [6.45, 7) is 2.12. The molecule has 3 rings (SSSR count). The summed E-state index contributed by atoms with van der Waals surface area (Å²) in [7, 11) is 1.56. The fourth-order valence-corrected chi connectivity index (χ4v) is 4.30. The fourth-order valence-electron chi connectivity index (χ4n) is 3.21. The Morgan fingerprint density at radius 3 is 2.74 bits per heavy atom. The minimum absolute atomic E-state index is 0.0191. The van der Waals surface area contributed by atoms with Gasteiger partial charge in [0.25, 0.3) is 5.91 Å². The van der Waals surface area contributed by atoms with Crippen molar-refractivity contribution >= 4 is 17.2 Å². The van der Waals surface area contributed by atoms with Crippen LogP contribution in [0.15, 0.2) is 18.2 Å². The van der Waals surface area contributed by atoms with E-state index in [4.69, 9.17) is 4.98 Å². The first-order chi connectivity index (χ1) is 11.1. The molecule has 0 spiro atoms. The van der Waals surface area contributed by atoms with Crippen molar-refractivity contribution in [2.24, 2.45) is 0 Å². The number of hydrogen-bond acceptors (Lipinski definition) is 4. The largest absolute Gasteiger partial charge is 0.507 e. The van der Waals surface area contributed by atoms with Gasteiger partial charge in [0.1, 0.15) is 5.75 Å². The van der Waals surface area contributed by atoms with E-state index in [2.05, 4.69) is 12.2 Å². The molecule has 0 radical (unpaired) electrons. The maximum atomic E-state index is 11.7. The molecule has 5 heteroatoms. The molecule has 2 N–H and O–H groups in total. The van der Waals surface area contributed by atoms with Crippen LogP contribution in [0.4, 0.5) is 0 Å². The van der Waals surface area contributed by atoms with E-state index in [-0.39, 0.29) is 11.7 Å². The van der Waals surface area contributed by atoms with Gasteiger partial charge >= 0.3 is 0 Å². The summed E-state index contributed by atoms with van der Waals surface area (Å²) in [5.74, 6) is 0.275. The molecule has 0 atom stereocenters. The van der Waals surface area contributed by atoms with Gasteiger partial charge in [0.2, 0.25) is 0 Å². The van der Waals surface area contributed by atoms with Gasteiger partial charge in [-0.2, -0.15) is 0 Å². The van der Waals surface area contributed by atoms with Gasteiger partial charge in [-0.15, -0.1) is 11.3 Å². The highest BCUT2D eigenvalue weighted by Crippen LogP contribution is 2.42. The second kappa shape index (κ2) is 6.71. The molecular weight excluding hydrogens is 308 g/mol. The number of thiazole rings is 1. The van der Waals surface area contributed by atoms with Gasteiger partial charge in [0.15, 0.2) is 0 Å². The van der Waals surface area contributed by atoms with Crippen LogP contribution in [-0.2, 0) is 6.42 Å². The lowest BCUT2D eigenvalue weighted by atomic mass is 9.99. The van der Waals surface area contributed by atoms with E-state index >= 15 is 0 Å². The molecule has 122 valence electrons. The first-order valence-corrected chi connectivity index (χ1v) is 9.00. The van der Waals surface area contributed by atoms with Crippen molar-refractivity contribution in [3.05, 3.63) is 34.5 Å². The molecule has 0 unspecified atom stereocenters. The van der Waals surface area contributed by atoms with E-state index in [1.54, 1.807) is 30.5 Å². The van der Waals surface area contributed by atoms with Crippen molar-refractivity contribution in [2.45, 2.75) is 44.9 Å². The quantitative estimate of drug-likeness (QED) is 0.887. The van der Waals surface area contributed by atoms with Gasteiger partial charge in [-0.05, 0) is 37.0 Å². The Morgan fingerprint density at radius 1 is 1.39 bits per heavy atom. The second-order valence-corrected chi connectivity index (χ2v) is 7.05. The Bertz CT molecular complexity index is 718. The third-order valence-electron chi connectivity index (χ3n) is 4.47. The first-order valence-electron chi connectivity index (χ1n) is 8.19. The summed E-state index contributed by atoms with van der Waals surface area (Å²) in [5, 5.41) is 13.9. The zero-order valence-electron chi connectivity index (χ0n) is 13.6. The van der Waals surface area contributed by atoms with Crippen LogP contribution in [0, 0.1) is 0 Å². The highest BCUT2D eigenvalue weighted by Gasteiger charge is 2.25. The lowest BCUT2D eigenvalue weighted by molar-refractivity contribution is 0.0960. The molecule has 1 aromatic heterocycles. The van der Waals surface area contributed by atoms with Gasteiger partial charge < -0.3 is 10.4 Å². The van der Waals surface area contributed by atoms with Crippen LogP contribution < -0.4 is 5.32 Å². The number of aromatic hydroxyl groups is 1. The number of phenols is 1. The minimum Gasteiger partial charge on any atom is -0.507 e. The van der Waals surface area contributed by atoms with Crippen molar-refractivity contribution in [3.63, 3.8) is 0 Å². The Hall–Kier alpha value is -1.88. The van der Waals surface area contributed by atoms with Crippen molar-refractivity contribution in [3.8, 4) is 16.2 Å². The number of nitrogens with zero attached hydrogens (tertiary/aromatic N) is 1. The topological polar surface area (TPSA) is 62.2 Å². The zero-order chi connectivity index (χ0) is 16.4. The molecule has 1 aliphatic carbocycles. The van der Waals surface area contributed by atoms with Crippen molar-refractivity contribution < 1.29 is 9.90 Å². The van der Waals surface area contributed by atoms with Crippen LogP contribution in [0.5, 0.6) is 5.75 Å². The molecule has 0 bridgehead atoms. The van der Waals surface area contributed by atoms with E-state index in [1.807, 2.05) is 6.07 Å². The molecule has 0 saturated heterocycles. The summed E-state index contributed by atoms with van der Waals surface area (Å²) in [6, 6.07) is 5.29. The average Bonchev–Trinajstić information content (AvgIpc) is 3.22. The monoisotopic (exact) mass is 330 g/mol. The van der Waals surface area contributed by atoms with Gasteiger partial charge in [0.05, 0.1) is 21.1 Å². The van der Waals surface area contributed by atoms with E-state index in [1.165, 1.54) is 31.4 Å². The van der Waals surface area contributed by atoms with Crippen molar-refractivity contribution in [2.75, 3.05) is 7.05 Å². The Morgan fingerprint density at radius 2 is 2.13 bits per heavy atom. The molecule has 1 amide bonds. The summed E-state index contributed by atoms with van der Waals surface area (Å²) < 4.78 is 0. The van der Waals surface area contributed by atoms with Crippen LogP contribution in [0.25, 0.3) is 10.4 Å². The fraction of sp³-hybridized carbons (Fsp3) is 0.444. The number of rotatable bonds is 4. The third kappa shape index (κ3) is 3.11. The number of carbonyl (C=O) groups excluding carboxylic acids is 1. The standard InChI is InChI=1S/C18H22N2O2S/c1-3-15-20-16(11-6-4-5-7-11)17(23-15)12-8-9-13(14(21)10-12)18(22)19-2/h8-11,21H,3-7H2,1-2H3,(H,19,22). The van der Waals surface area contributed by atoms with Crippen molar-refractivity contribution in [1.82, 2.24) is 10.3 Å². The first kappa shape index (κ1) is 16.0. The van der Waals surface area contributed by atoms with Crippen molar-refractivity contribution in [1.29, 1.82) is 0 Å². The smallest absolute Gasteiger partial charge is 0.254 e. The summed E-state index contributed by atoms with van der Waals surface area (Å²) >= 11 is 1.71. The molecule has 1 saturated carbocycles. The van der Waals surface area contributed by atoms with E-state index < -0.39 is 0 Å². The van der Waals surface area contributed by atoms with Gasteiger partial charge in [-0.25, -0.2) is 4.98 Å². The number of nitrogens with one attached hydrogen (secondary N) is 1. The molecule has 1 heterocycles. The molecule has 2 aromatic rings. The predicted molar refractivity (Wildman–Crippen MR) is 93.2 cm³/mol. The summed E-state index contributed by atoms with van der Waals surface area (Å²) in [6.07, 6.45) is 5.85. The molecule has 1 fully saturated rings. The average molecular weight is 330 g/mol. The second-order valence-electron chi connectivity index (χ2n) is 5.97. The number of aromatic nitrogens is 1. The highest BCUT2D eigenvalue weighted by molar-refractivity contribution is 7.15. The molecule has 1 aromatic carbocycles. The Balaban J connectivity index is 2.02. The van der Waals surface area contributed by atoms with Crippen LogP contribution in [-0.4, -0.2) is 23.0 Å². The summed E-state index contributed by atoms with van der Waals surface area (Å²) in [5.41, 5.74) is 2.43. The van der Waals surface area contributed by atoms with Crippen LogP contribution in [0.3, 0.4) is 0 Å². The SMILES string of the molecule is CCc1nc(C2CCCC2)c(-c2ccc(C(=O)NC)c(O)c2)s1. The van der Waals surface area contributed by atoms with E-state index in [9.17, 15) is 9.90 Å². The lowest BCUT2D eigenvalue weighted by Gasteiger charge is -2.10. The number of carbonyl (C=O) groups is 1. The van der Waals surface area contributed by atoms with Gasteiger partial charge in [-0.1, -0.05) is 25.8 Å². The predicted octanol–water partition coefficient (Wildman–Crippen LogP) is 4.10. The van der Waals surface area contributed by atoms with E-state index in [0.29, 0.717) is 11.5 Å². The number of hydrogen-bond donors (Lipinski definition) is 2. The number of phenolic OH excluding ortho intramolecular Hbond substituents is 1. The van der Waals surface area contributed by atoms with Gasteiger partial charge in [-0.3, -0.25) is 4.79 Å². The number of benzene rings is 1. The Labute approximate surface area is 140 Å².